The van der Waals surface area contributed by atoms with E-state index in [4.69, 9.17) is 9.15 Å². The highest BCUT2D eigenvalue weighted by molar-refractivity contribution is 5.80. The van der Waals surface area contributed by atoms with Crippen molar-refractivity contribution in [2.75, 3.05) is 6.54 Å². The van der Waals surface area contributed by atoms with Gasteiger partial charge in [-0.05, 0) is 42.2 Å². The number of nitrogens with one attached hydrogen (secondary N) is 1. The number of furan rings is 1. The minimum atomic E-state index is -0.875. The summed E-state index contributed by atoms with van der Waals surface area (Å²) in [6.07, 6.45) is -0.0571. The third kappa shape index (κ3) is 4.86. The molecule has 2 unspecified atom stereocenters. The van der Waals surface area contributed by atoms with Gasteiger partial charge in [0.2, 0.25) is 0 Å². The van der Waals surface area contributed by atoms with Crippen LogP contribution in [0.1, 0.15) is 45.1 Å². The third-order valence-corrected chi connectivity index (χ3v) is 3.72. The Morgan fingerprint density at radius 2 is 2.04 bits per heavy atom. The van der Waals surface area contributed by atoms with E-state index in [0.717, 1.165) is 5.56 Å². The molecule has 0 bridgehead atoms. The van der Waals surface area contributed by atoms with Crippen molar-refractivity contribution in [1.29, 1.82) is 0 Å². The number of aliphatic hydroxyl groups is 1. The number of hydrogen-bond acceptors (Lipinski definition) is 4. The second kappa shape index (κ2) is 7.53. The van der Waals surface area contributed by atoms with E-state index in [9.17, 15) is 9.90 Å². The molecule has 1 amide bonds. The van der Waals surface area contributed by atoms with Crippen LogP contribution in [0.15, 0.2) is 47.1 Å². The fourth-order valence-electron chi connectivity index (χ4n) is 2.22. The molecule has 0 spiro atoms. The van der Waals surface area contributed by atoms with Gasteiger partial charge in [0.25, 0.3) is 5.91 Å². The first kappa shape index (κ1) is 18.1. The van der Waals surface area contributed by atoms with Gasteiger partial charge in [0.1, 0.15) is 17.6 Å². The Kier molecular flexibility index (Phi) is 5.67. The van der Waals surface area contributed by atoms with Crippen LogP contribution in [0.5, 0.6) is 5.75 Å². The highest BCUT2D eigenvalue weighted by Crippen LogP contribution is 2.26. The Morgan fingerprint density at radius 3 is 2.67 bits per heavy atom. The van der Waals surface area contributed by atoms with Crippen molar-refractivity contribution in [2.45, 2.75) is 45.3 Å². The molecule has 1 heterocycles. The largest absolute Gasteiger partial charge is 0.481 e. The number of amides is 1. The van der Waals surface area contributed by atoms with Gasteiger partial charge in [0, 0.05) is 0 Å². The predicted molar refractivity (Wildman–Crippen MR) is 91.9 cm³/mol. The molecule has 2 N–H and O–H groups in total. The molecular weight excluding hydrogens is 306 g/mol. The SMILES string of the molecule is CC(Oc1cccc(C(C)(C)C)c1)C(=O)NCC(O)c1ccco1. The van der Waals surface area contributed by atoms with Crippen LogP contribution in [0.2, 0.25) is 0 Å². The number of rotatable bonds is 6. The van der Waals surface area contributed by atoms with E-state index in [1.165, 1.54) is 6.26 Å². The molecule has 0 aliphatic heterocycles. The number of ether oxygens (including phenoxy) is 1. The number of hydrogen-bond donors (Lipinski definition) is 2. The molecule has 24 heavy (non-hydrogen) atoms. The Labute approximate surface area is 142 Å². The van der Waals surface area contributed by atoms with Crippen LogP contribution in [0, 0.1) is 0 Å². The first-order valence-corrected chi connectivity index (χ1v) is 8.04. The molecule has 0 aliphatic rings. The molecule has 1 aromatic heterocycles. The minimum Gasteiger partial charge on any atom is -0.481 e. The summed E-state index contributed by atoms with van der Waals surface area (Å²) in [7, 11) is 0. The van der Waals surface area contributed by atoms with E-state index in [1.54, 1.807) is 19.1 Å². The zero-order valence-corrected chi connectivity index (χ0v) is 14.6. The van der Waals surface area contributed by atoms with Crippen LogP contribution in [-0.4, -0.2) is 23.7 Å². The highest BCUT2D eigenvalue weighted by Gasteiger charge is 2.19. The summed E-state index contributed by atoms with van der Waals surface area (Å²) in [5.74, 6) is 0.778. The average molecular weight is 331 g/mol. The van der Waals surface area contributed by atoms with Crippen molar-refractivity contribution in [1.82, 2.24) is 5.32 Å². The summed E-state index contributed by atoms with van der Waals surface area (Å²) in [4.78, 5) is 12.1. The average Bonchev–Trinajstić information content (AvgIpc) is 3.06. The highest BCUT2D eigenvalue weighted by atomic mass is 16.5. The lowest BCUT2D eigenvalue weighted by Crippen LogP contribution is -2.38. The Hall–Kier alpha value is -2.27. The second-order valence-electron chi connectivity index (χ2n) is 6.81. The summed E-state index contributed by atoms with van der Waals surface area (Å²) in [5, 5.41) is 12.6. The van der Waals surface area contributed by atoms with Crippen LogP contribution < -0.4 is 10.1 Å². The van der Waals surface area contributed by atoms with Gasteiger partial charge in [-0.25, -0.2) is 0 Å². The second-order valence-corrected chi connectivity index (χ2v) is 6.81. The predicted octanol–water partition coefficient (Wildman–Crippen LogP) is 3.19. The number of carbonyl (C=O) groups is 1. The molecule has 0 aliphatic carbocycles. The van der Waals surface area contributed by atoms with Crippen LogP contribution in [0.4, 0.5) is 0 Å². The monoisotopic (exact) mass is 331 g/mol. The third-order valence-electron chi connectivity index (χ3n) is 3.72. The first-order valence-electron chi connectivity index (χ1n) is 8.04. The topological polar surface area (TPSA) is 71.7 Å². The molecule has 5 heteroatoms. The van der Waals surface area contributed by atoms with E-state index in [2.05, 4.69) is 26.1 Å². The molecule has 0 saturated heterocycles. The summed E-state index contributed by atoms with van der Waals surface area (Å²) in [6, 6.07) is 11.1. The van der Waals surface area contributed by atoms with Crippen LogP contribution >= 0.6 is 0 Å². The molecule has 2 rings (SSSR count). The van der Waals surface area contributed by atoms with E-state index >= 15 is 0 Å². The lowest BCUT2D eigenvalue weighted by Gasteiger charge is -2.21. The minimum absolute atomic E-state index is 0.0119. The van der Waals surface area contributed by atoms with E-state index in [0.29, 0.717) is 11.5 Å². The van der Waals surface area contributed by atoms with Crippen molar-refractivity contribution >= 4 is 5.91 Å². The summed E-state index contributed by atoms with van der Waals surface area (Å²) >= 11 is 0. The fourth-order valence-corrected chi connectivity index (χ4v) is 2.22. The Morgan fingerprint density at radius 1 is 1.29 bits per heavy atom. The Balaban J connectivity index is 1.90. The molecule has 130 valence electrons. The van der Waals surface area contributed by atoms with Gasteiger partial charge in [0.05, 0.1) is 12.8 Å². The molecule has 0 fully saturated rings. The molecule has 2 atom stereocenters. The first-order chi connectivity index (χ1) is 11.3. The Bertz CT molecular complexity index is 658. The van der Waals surface area contributed by atoms with Gasteiger partial charge < -0.3 is 19.6 Å². The quantitative estimate of drug-likeness (QED) is 0.853. The van der Waals surface area contributed by atoms with Crippen molar-refractivity contribution < 1.29 is 19.1 Å². The van der Waals surface area contributed by atoms with Gasteiger partial charge in [-0.1, -0.05) is 32.9 Å². The number of carbonyl (C=O) groups excluding carboxylic acids is 1. The van der Waals surface area contributed by atoms with Gasteiger partial charge in [0.15, 0.2) is 6.10 Å². The maximum absolute atomic E-state index is 12.1. The number of aliphatic hydroxyl groups excluding tert-OH is 1. The van der Waals surface area contributed by atoms with Gasteiger partial charge in [-0.2, -0.15) is 0 Å². The molecular formula is C19H25NO4. The summed E-state index contributed by atoms with van der Waals surface area (Å²) in [6.45, 7) is 8.12. The normalized spacial score (nSPS) is 14.0. The molecule has 2 aromatic rings. The van der Waals surface area contributed by atoms with Crippen molar-refractivity contribution in [3.8, 4) is 5.75 Å². The smallest absolute Gasteiger partial charge is 0.260 e. The van der Waals surface area contributed by atoms with E-state index in [-0.39, 0.29) is 17.9 Å². The van der Waals surface area contributed by atoms with Crippen LogP contribution in [0.25, 0.3) is 0 Å². The standard InChI is InChI=1S/C19H25NO4/c1-13(18(22)20-12-16(21)17-9-6-10-23-17)24-15-8-5-7-14(11-15)19(2,3)4/h5-11,13,16,21H,12H2,1-4H3,(H,20,22). The lowest BCUT2D eigenvalue weighted by molar-refractivity contribution is -0.127. The van der Waals surface area contributed by atoms with E-state index in [1.807, 2.05) is 24.3 Å². The molecule has 5 nitrogen and oxygen atoms in total. The van der Waals surface area contributed by atoms with Crippen molar-refractivity contribution in [2.24, 2.45) is 0 Å². The molecule has 0 radical (unpaired) electrons. The molecule has 1 aromatic carbocycles. The fraction of sp³-hybridized carbons (Fsp3) is 0.421. The number of benzene rings is 1. The van der Waals surface area contributed by atoms with Crippen LogP contribution in [0.3, 0.4) is 0 Å². The van der Waals surface area contributed by atoms with Gasteiger partial charge >= 0.3 is 0 Å². The maximum atomic E-state index is 12.1. The van der Waals surface area contributed by atoms with E-state index < -0.39 is 12.2 Å². The van der Waals surface area contributed by atoms with Gasteiger partial charge in [-0.3, -0.25) is 4.79 Å². The summed E-state index contributed by atoms with van der Waals surface area (Å²) < 4.78 is 10.8. The zero-order chi connectivity index (χ0) is 17.7. The lowest BCUT2D eigenvalue weighted by atomic mass is 9.87. The van der Waals surface area contributed by atoms with Crippen molar-refractivity contribution in [3.05, 3.63) is 54.0 Å². The zero-order valence-electron chi connectivity index (χ0n) is 14.6. The van der Waals surface area contributed by atoms with Gasteiger partial charge in [-0.15, -0.1) is 0 Å². The van der Waals surface area contributed by atoms with Crippen LogP contribution in [-0.2, 0) is 10.2 Å². The van der Waals surface area contributed by atoms with Crippen molar-refractivity contribution in [3.63, 3.8) is 0 Å². The maximum Gasteiger partial charge on any atom is 0.260 e. The summed E-state index contributed by atoms with van der Waals surface area (Å²) in [5.41, 5.74) is 1.15. The molecule has 0 saturated carbocycles.